The minimum atomic E-state index is -3.81. The summed E-state index contributed by atoms with van der Waals surface area (Å²) in [6, 6.07) is 1.67. The van der Waals surface area contributed by atoms with Crippen molar-refractivity contribution in [2.75, 3.05) is 11.5 Å². The minimum Gasteiger partial charge on any atom is -0.328 e. The lowest BCUT2D eigenvalue weighted by atomic mass is 10.2. The lowest BCUT2D eigenvalue weighted by Crippen LogP contribution is -2.43. The molecular weight excluding hydrogens is 292 g/mol. The number of sulfone groups is 1. The summed E-state index contributed by atoms with van der Waals surface area (Å²) in [4.78, 5) is 13.1. The molecule has 1 unspecified atom stereocenters. The standard InChI is InChI=1S/C10H14N2O5S2/c13-10-4-3-9(6-11-10)19(16,17)12-8-2-1-5-18(14,15)7-8/h3-4,6,8,12H,1-2,5,7H2,(H,11,13). The van der Waals surface area contributed by atoms with Gasteiger partial charge in [-0.2, -0.15) is 0 Å². The third-order valence-corrected chi connectivity index (χ3v) is 6.19. The van der Waals surface area contributed by atoms with Crippen molar-refractivity contribution in [3.8, 4) is 0 Å². The lowest BCUT2D eigenvalue weighted by molar-refractivity contribution is 0.517. The SMILES string of the molecule is O=c1ccc(S(=O)(=O)NC2CCCS(=O)(=O)C2)c[nH]1. The highest BCUT2D eigenvalue weighted by molar-refractivity contribution is 7.91. The highest BCUT2D eigenvalue weighted by Crippen LogP contribution is 2.15. The molecule has 0 saturated carbocycles. The molecule has 2 heterocycles. The molecule has 2 rings (SSSR count). The number of rotatable bonds is 3. The monoisotopic (exact) mass is 306 g/mol. The van der Waals surface area contributed by atoms with E-state index in [0.717, 1.165) is 12.3 Å². The Morgan fingerprint density at radius 3 is 2.63 bits per heavy atom. The quantitative estimate of drug-likeness (QED) is 0.761. The Labute approximate surface area is 111 Å². The van der Waals surface area contributed by atoms with Crippen LogP contribution in [0.25, 0.3) is 0 Å². The molecule has 1 saturated heterocycles. The third kappa shape index (κ3) is 3.64. The van der Waals surface area contributed by atoms with Gasteiger partial charge in [0.05, 0.1) is 16.4 Å². The molecule has 0 aromatic carbocycles. The first-order valence-electron chi connectivity index (χ1n) is 5.70. The highest BCUT2D eigenvalue weighted by Gasteiger charge is 2.28. The van der Waals surface area contributed by atoms with E-state index in [0.29, 0.717) is 12.8 Å². The van der Waals surface area contributed by atoms with Crippen LogP contribution >= 0.6 is 0 Å². The van der Waals surface area contributed by atoms with E-state index in [-0.39, 0.29) is 16.4 Å². The fourth-order valence-electron chi connectivity index (χ4n) is 1.97. The topological polar surface area (TPSA) is 113 Å². The maximum atomic E-state index is 12.0. The van der Waals surface area contributed by atoms with Gasteiger partial charge in [0, 0.05) is 18.3 Å². The van der Waals surface area contributed by atoms with Crippen LogP contribution in [0, 0.1) is 0 Å². The van der Waals surface area contributed by atoms with Gasteiger partial charge in [-0.05, 0) is 18.9 Å². The fraction of sp³-hybridized carbons (Fsp3) is 0.500. The van der Waals surface area contributed by atoms with E-state index in [2.05, 4.69) is 9.71 Å². The molecule has 0 spiro atoms. The summed E-state index contributed by atoms with van der Waals surface area (Å²) in [5.41, 5.74) is -0.404. The number of hydrogen-bond donors (Lipinski definition) is 2. The molecule has 7 nitrogen and oxygen atoms in total. The van der Waals surface area contributed by atoms with Gasteiger partial charge in [0.2, 0.25) is 15.6 Å². The molecule has 1 aliphatic heterocycles. The normalized spacial score (nSPS) is 23.1. The van der Waals surface area contributed by atoms with E-state index in [4.69, 9.17) is 0 Å². The molecule has 0 amide bonds. The number of nitrogens with one attached hydrogen (secondary N) is 2. The smallest absolute Gasteiger partial charge is 0.247 e. The minimum absolute atomic E-state index is 0.0879. The van der Waals surface area contributed by atoms with Crippen molar-refractivity contribution in [2.24, 2.45) is 0 Å². The first kappa shape index (κ1) is 14.2. The predicted octanol–water partition coefficient (Wildman–Crippen LogP) is -0.770. The second kappa shape index (κ2) is 5.06. The molecule has 19 heavy (non-hydrogen) atoms. The molecule has 9 heteroatoms. The van der Waals surface area contributed by atoms with Gasteiger partial charge in [0.15, 0.2) is 9.84 Å². The summed E-state index contributed by atoms with van der Waals surface area (Å²) in [5, 5.41) is 0. The van der Waals surface area contributed by atoms with Crippen LogP contribution in [0.1, 0.15) is 12.8 Å². The molecule has 106 valence electrons. The predicted molar refractivity (Wildman–Crippen MR) is 69.1 cm³/mol. The number of pyridine rings is 1. The zero-order valence-corrected chi connectivity index (χ0v) is 11.6. The van der Waals surface area contributed by atoms with Crippen LogP contribution in [-0.2, 0) is 19.9 Å². The molecule has 0 bridgehead atoms. The van der Waals surface area contributed by atoms with Gasteiger partial charge < -0.3 is 4.98 Å². The summed E-state index contributed by atoms with van der Waals surface area (Å²) in [6.07, 6.45) is 2.02. The molecular formula is C10H14N2O5S2. The van der Waals surface area contributed by atoms with Crippen LogP contribution in [0.15, 0.2) is 28.0 Å². The maximum absolute atomic E-state index is 12.0. The molecule has 1 atom stereocenters. The van der Waals surface area contributed by atoms with E-state index in [1.165, 1.54) is 6.07 Å². The second-order valence-electron chi connectivity index (χ2n) is 4.46. The Bertz CT molecular complexity index is 700. The van der Waals surface area contributed by atoms with Crippen molar-refractivity contribution in [3.05, 3.63) is 28.7 Å². The van der Waals surface area contributed by atoms with Gasteiger partial charge in [-0.15, -0.1) is 0 Å². The van der Waals surface area contributed by atoms with Crippen LogP contribution in [0.2, 0.25) is 0 Å². The average molecular weight is 306 g/mol. The van der Waals surface area contributed by atoms with Gasteiger partial charge in [0.1, 0.15) is 0 Å². The molecule has 0 radical (unpaired) electrons. The molecule has 0 aliphatic carbocycles. The average Bonchev–Trinajstić information content (AvgIpc) is 2.27. The number of H-pyrrole nitrogens is 1. The highest BCUT2D eigenvalue weighted by atomic mass is 32.2. The van der Waals surface area contributed by atoms with E-state index in [9.17, 15) is 21.6 Å². The molecule has 1 fully saturated rings. The zero-order chi connectivity index (χ0) is 14.1. The Hall–Kier alpha value is -1.19. The molecule has 1 aliphatic rings. The van der Waals surface area contributed by atoms with Crippen molar-refractivity contribution in [3.63, 3.8) is 0 Å². The van der Waals surface area contributed by atoms with Crippen LogP contribution < -0.4 is 10.3 Å². The van der Waals surface area contributed by atoms with E-state index >= 15 is 0 Å². The first-order valence-corrected chi connectivity index (χ1v) is 9.00. The Balaban J connectivity index is 2.18. The van der Waals surface area contributed by atoms with Crippen molar-refractivity contribution in [2.45, 2.75) is 23.8 Å². The number of hydrogen-bond acceptors (Lipinski definition) is 5. The number of sulfonamides is 1. The van der Waals surface area contributed by atoms with Crippen LogP contribution in [0.5, 0.6) is 0 Å². The van der Waals surface area contributed by atoms with E-state index in [1.54, 1.807) is 0 Å². The third-order valence-electron chi connectivity index (χ3n) is 2.85. The van der Waals surface area contributed by atoms with Gasteiger partial charge in [-0.25, -0.2) is 21.6 Å². The summed E-state index contributed by atoms with van der Waals surface area (Å²) in [7, 11) is -6.99. The van der Waals surface area contributed by atoms with Crippen LogP contribution in [0.3, 0.4) is 0 Å². The maximum Gasteiger partial charge on any atom is 0.247 e. The summed E-state index contributed by atoms with van der Waals surface area (Å²) < 4.78 is 49.2. The van der Waals surface area contributed by atoms with Gasteiger partial charge in [-0.3, -0.25) is 4.79 Å². The van der Waals surface area contributed by atoms with Crippen LogP contribution in [-0.4, -0.2) is 39.4 Å². The fourth-order valence-corrected chi connectivity index (χ4v) is 4.95. The van der Waals surface area contributed by atoms with Gasteiger partial charge in [0.25, 0.3) is 0 Å². The van der Waals surface area contributed by atoms with Crippen molar-refractivity contribution in [1.29, 1.82) is 0 Å². The van der Waals surface area contributed by atoms with Crippen molar-refractivity contribution < 1.29 is 16.8 Å². The van der Waals surface area contributed by atoms with Crippen molar-refractivity contribution >= 4 is 19.9 Å². The van der Waals surface area contributed by atoms with Gasteiger partial charge in [-0.1, -0.05) is 0 Å². The Morgan fingerprint density at radius 1 is 1.32 bits per heavy atom. The summed E-state index contributed by atoms with van der Waals surface area (Å²) >= 11 is 0. The van der Waals surface area contributed by atoms with E-state index in [1.807, 2.05) is 0 Å². The van der Waals surface area contributed by atoms with Crippen LogP contribution in [0.4, 0.5) is 0 Å². The molecule has 2 N–H and O–H groups in total. The number of aromatic amines is 1. The molecule has 1 aromatic rings. The number of aromatic nitrogens is 1. The first-order chi connectivity index (χ1) is 8.78. The van der Waals surface area contributed by atoms with Crippen molar-refractivity contribution in [1.82, 2.24) is 9.71 Å². The Morgan fingerprint density at radius 2 is 2.05 bits per heavy atom. The summed E-state index contributed by atoms with van der Waals surface area (Å²) in [6.45, 7) is 0. The van der Waals surface area contributed by atoms with E-state index < -0.39 is 31.5 Å². The lowest BCUT2D eigenvalue weighted by Gasteiger charge is -2.22. The zero-order valence-electron chi connectivity index (χ0n) is 10.00. The summed E-state index contributed by atoms with van der Waals surface area (Å²) in [5.74, 6) is -0.0839. The molecule has 1 aromatic heterocycles. The Kier molecular flexibility index (Phi) is 3.79. The van der Waals surface area contributed by atoms with Gasteiger partial charge >= 0.3 is 0 Å². The largest absolute Gasteiger partial charge is 0.328 e. The second-order valence-corrected chi connectivity index (χ2v) is 8.41.